The molecule has 0 radical (unpaired) electrons. The van der Waals surface area contributed by atoms with Gasteiger partial charge in [0.25, 0.3) is 5.91 Å². The van der Waals surface area contributed by atoms with Gasteiger partial charge >= 0.3 is 0 Å². The first-order valence-electron chi connectivity index (χ1n) is 8.62. The zero-order chi connectivity index (χ0) is 20.4. The number of rotatable bonds is 5. The van der Waals surface area contributed by atoms with Crippen molar-refractivity contribution < 1.29 is 22.7 Å². The predicted octanol–water partition coefficient (Wildman–Crippen LogP) is 4.81. The molecule has 1 aromatic heterocycles. The molecule has 8 heteroatoms. The normalized spacial score (nSPS) is 10.9. The fourth-order valence-electron chi connectivity index (χ4n) is 2.83. The Morgan fingerprint density at radius 1 is 0.966 bits per heavy atom. The predicted molar refractivity (Wildman–Crippen MR) is 101 cm³/mol. The molecule has 146 valence electrons. The van der Waals surface area contributed by atoms with E-state index in [2.05, 4.69) is 15.5 Å². The number of hydrogen-bond donors (Lipinski definition) is 2. The minimum atomic E-state index is -0.689. The van der Waals surface area contributed by atoms with Crippen LogP contribution in [0.15, 0.2) is 60.7 Å². The number of nitrogens with one attached hydrogen (secondary N) is 2. The number of nitrogens with zero attached hydrogens (tertiary/aromatic N) is 1. The highest BCUT2D eigenvalue weighted by Gasteiger charge is 2.15. The van der Waals surface area contributed by atoms with E-state index >= 15 is 0 Å². The van der Waals surface area contributed by atoms with Gasteiger partial charge in [-0.05, 0) is 36.4 Å². The van der Waals surface area contributed by atoms with E-state index in [1.54, 1.807) is 24.3 Å². The van der Waals surface area contributed by atoms with Crippen LogP contribution in [0.2, 0.25) is 0 Å². The van der Waals surface area contributed by atoms with Crippen LogP contribution in [0.4, 0.5) is 19.0 Å². The molecule has 4 rings (SSSR count). The van der Waals surface area contributed by atoms with Crippen molar-refractivity contribution in [2.45, 2.75) is 6.61 Å². The first-order chi connectivity index (χ1) is 14.0. The van der Waals surface area contributed by atoms with Gasteiger partial charge < -0.3 is 10.1 Å². The van der Waals surface area contributed by atoms with Crippen LogP contribution < -0.4 is 10.1 Å². The lowest BCUT2D eigenvalue weighted by atomic mass is 10.2. The third kappa shape index (κ3) is 3.77. The molecule has 0 fully saturated rings. The number of hydrogen-bond acceptors (Lipinski definition) is 3. The quantitative estimate of drug-likeness (QED) is 0.508. The fraction of sp³-hybridized carbons (Fsp3) is 0.0476. The lowest BCUT2D eigenvalue weighted by molar-refractivity contribution is 0.102. The summed E-state index contributed by atoms with van der Waals surface area (Å²) in [6, 6.07) is 14.0. The van der Waals surface area contributed by atoms with Crippen LogP contribution in [0.5, 0.6) is 5.75 Å². The number of amides is 1. The lowest BCUT2D eigenvalue weighted by Gasteiger charge is -2.08. The number of ether oxygens (including phenoxy) is 1. The third-order valence-electron chi connectivity index (χ3n) is 4.33. The molecule has 0 saturated heterocycles. The molecule has 0 aliphatic heterocycles. The Morgan fingerprint density at radius 3 is 2.45 bits per heavy atom. The summed E-state index contributed by atoms with van der Waals surface area (Å²) in [5, 5.41) is 9.88. The third-order valence-corrected chi connectivity index (χ3v) is 4.33. The number of benzene rings is 3. The highest BCUT2D eigenvalue weighted by Crippen LogP contribution is 2.26. The maximum atomic E-state index is 13.8. The van der Waals surface area contributed by atoms with Crippen molar-refractivity contribution >= 4 is 22.6 Å². The van der Waals surface area contributed by atoms with Gasteiger partial charge in [0.15, 0.2) is 5.82 Å². The summed E-state index contributed by atoms with van der Waals surface area (Å²) in [4.78, 5) is 12.3. The molecular weight excluding hydrogens is 383 g/mol. The van der Waals surface area contributed by atoms with Crippen LogP contribution in [0.3, 0.4) is 0 Å². The van der Waals surface area contributed by atoms with Gasteiger partial charge in [-0.1, -0.05) is 18.2 Å². The van der Waals surface area contributed by atoms with Crippen LogP contribution in [-0.4, -0.2) is 16.1 Å². The van der Waals surface area contributed by atoms with Gasteiger partial charge in [-0.25, -0.2) is 13.2 Å². The van der Waals surface area contributed by atoms with E-state index in [1.165, 1.54) is 24.3 Å². The Hall–Kier alpha value is -3.81. The van der Waals surface area contributed by atoms with E-state index in [4.69, 9.17) is 4.74 Å². The molecule has 1 amide bonds. The number of aromatic nitrogens is 2. The average molecular weight is 397 g/mol. The number of fused-ring (bicyclic) bond motifs is 1. The number of halogens is 3. The molecule has 0 atom stereocenters. The van der Waals surface area contributed by atoms with Gasteiger partial charge in [0.05, 0.1) is 16.6 Å². The summed E-state index contributed by atoms with van der Waals surface area (Å²) in [7, 11) is 0. The van der Waals surface area contributed by atoms with Crippen molar-refractivity contribution in [1.82, 2.24) is 10.2 Å². The Kier molecular flexibility index (Phi) is 4.90. The van der Waals surface area contributed by atoms with E-state index in [1.807, 2.05) is 0 Å². The average Bonchev–Trinajstić information content (AvgIpc) is 3.10. The smallest absolute Gasteiger partial charge is 0.259 e. The molecule has 0 aliphatic rings. The summed E-state index contributed by atoms with van der Waals surface area (Å²) in [5.74, 6) is -2.07. The standard InChI is InChI=1S/C21H14F3N3O2/c22-16-5-2-1-4-13(16)21(28)25-20-14-9-8-12(10-19(14)26-27-20)29-11-15-17(23)6-3-7-18(15)24/h1-10H,11H2,(H2,25,26,27,28). The number of aromatic amines is 1. The first-order valence-corrected chi connectivity index (χ1v) is 8.62. The van der Waals surface area contributed by atoms with Crippen LogP contribution in [0.25, 0.3) is 10.9 Å². The van der Waals surface area contributed by atoms with Crippen molar-refractivity contribution in [2.24, 2.45) is 0 Å². The maximum Gasteiger partial charge on any atom is 0.259 e. The minimum absolute atomic E-state index is 0.101. The summed E-state index contributed by atoms with van der Waals surface area (Å²) in [5.41, 5.74) is 0.255. The molecule has 4 aromatic rings. The number of carbonyl (C=O) groups is 1. The van der Waals surface area contributed by atoms with Crippen LogP contribution >= 0.6 is 0 Å². The van der Waals surface area contributed by atoms with Gasteiger partial charge in [0.1, 0.15) is 29.8 Å². The second-order valence-electron chi connectivity index (χ2n) is 6.20. The summed E-state index contributed by atoms with van der Waals surface area (Å²) in [6.45, 7) is -0.283. The topological polar surface area (TPSA) is 67.0 Å². The van der Waals surface area contributed by atoms with Crippen molar-refractivity contribution in [3.63, 3.8) is 0 Å². The van der Waals surface area contributed by atoms with Crippen molar-refractivity contribution in [3.8, 4) is 5.75 Å². The monoisotopic (exact) mass is 397 g/mol. The molecular formula is C21H14F3N3O2. The molecule has 5 nitrogen and oxygen atoms in total. The zero-order valence-corrected chi connectivity index (χ0v) is 14.9. The molecule has 3 aromatic carbocycles. The van der Waals surface area contributed by atoms with Crippen molar-refractivity contribution in [1.29, 1.82) is 0 Å². The molecule has 0 saturated carbocycles. The van der Waals surface area contributed by atoms with Gasteiger partial charge in [-0.3, -0.25) is 9.89 Å². The second kappa shape index (κ2) is 7.67. The molecule has 29 heavy (non-hydrogen) atoms. The summed E-state index contributed by atoms with van der Waals surface area (Å²) >= 11 is 0. The summed E-state index contributed by atoms with van der Waals surface area (Å²) < 4.78 is 46.6. The van der Waals surface area contributed by atoms with Crippen LogP contribution in [0.1, 0.15) is 15.9 Å². The maximum absolute atomic E-state index is 13.8. The molecule has 0 spiro atoms. The van der Waals surface area contributed by atoms with E-state index < -0.39 is 23.4 Å². The minimum Gasteiger partial charge on any atom is -0.489 e. The van der Waals surface area contributed by atoms with E-state index in [-0.39, 0.29) is 23.6 Å². The number of carbonyl (C=O) groups excluding carboxylic acids is 1. The van der Waals surface area contributed by atoms with Gasteiger partial charge in [-0.2, -0.15) is 5.10 Å². The molecule has 0 aliphatic carbocycles. The van der Waals surface area contributed by atoms with Gasteiger partial charge in [0, 0.05) is 11.5 Å². The first kappa shape index (κ1) is 18.5. The highest BCUT2D eigenvalue weighted by atomic mass is 19.1. The number of H-pyrrole nitrogens is 1. The molecule has 1 heterocycles. The van der Waals surface area contributed by atoms with Crippen LogP contribution in [-0.2, 0) is 6.61 Å². The largest absolute Gasteiger partial charge is 0.489 e. The van der Waals surface area contributed by atoms with Gasteiger partial charge in [0.2, 0.25) is 0 Å². The van der Waals surface area contributed by atoms with E-state index in [0.717, 1.165) is 12.1 Å². The summed E-state index contributed by atoms with van der Waals surface area (Å²) in [6.07, 6.45) is 0. The highest BCUT2D eigenvalue weighted by molar-refractivity contribution is 6.08. The van der Waals surface area contributed by atoms with Crippen molar-refractivity contribution in [2.75, 3.05) is 5.32 Å². The molecule has 2 N–H and O–H groups in total. The van der Waals surface area contributed by atoms with E-state index in [0.29, 0.717) is 16.7 Å². The molecule has 0 bridgehead atoms. The van der Waals surface area contributed by atoms with Crippen molar-refractivity contribution in [3.05, 3.63) is 89.2 Å². The number of anilines is 1. The van der Waals surface area contributed by atoms with Crippen LogP contribution in [0, 0.1) is 17.5 Å². The zero-order valence-electron chi connectivity index (χ0n) is 14.9. The Labute approximate surface area is 163 Å². The molecule has 0 unspecified atom stereocenters. The second-order valence-corrected chi connectivity index (χ2v) is 6.20. The fourth-order valence-corrected chi connectivity index (χ4v) is 2.83. The Balaban J connectivity index is 1.52. The Bertz CT molecular complexity index is 1190. The SMILES string of the molecule is O=C(Nc1n[nH]c2cc(OCc3c(F)cccc3F)ccc12)c1ccccc1F. The van der Waals surface area contributed by atoms with Gasteiger partial charge in [-0.15, -0.1) is 0 Å². The van der Waals surface area contributed by atoms with E-state index in [9.17, 15) is 18.0 Å². The Morgan fingerprint density at radius 2 is 1.69 bits per heavy atom. The lowest BCUT2D eigenvalue weighted by Crippen LogP contribution is -2.14.